The molecule has 0 bridgehead atoms. The molecule has 1 aromatic rings. The Hall–Kier alpha value is -2.06. The number of nitrogens with one attached hydrogen (secondary N) is 1. The fourth-order valence-electron chi connectivity index (χ4n) is 4.18. The van der Waals surface area contributed by atoms with Crippen LogP contribution in [0.5, 0.6) is 0 Å². The first-order chi connectivity index (χ1) is 12.7. The number of anilines is 1. The van der Waals surface area contributed by atoms with Crippen LogP contribution in [0.4, 0.5) is 5.69 Å². The molecular weight excluding hydrogens is 324 g/mol. The second kappa shape index (κ2) is 9.59. The first-order valence-electron chi connectivity index (χ1n) is 9.93. The van der Waals surface area contributed by atoms with E-state index in [9.17, 15) is 4.79 Å². The number of nitrogens with zero attached hydrogens (tertiary/aromatic N) is 3. The number of amides is 1. The van der Waals surface area contributed by atoms with E-state index in [4.69, 9.17) is 5.26 Å². The van der Waals surface area contributed by atoms with Gasteiger partial charge in [-0.2, -0.15) is 5.26 Å². The largest absolute Gasteiger partial charge is 0.369 e. The van der Waals surface area contributed by atoms with Crippen LogP contribution in [-0.4, -0.2) is 49.6 Å². The van der Waals surface area contributed by atoms with Crippen LogP contribution in [0.15, 0.2) is 30.3 Å². The second-order valence-corrected chi connectivity index (χ2v) is 7.57. The molecule has 1 amide bonds. The number of hydrogen-bond acceptors (Lipinski definition) is 4. The highest BCUT2D eigenvalue weighted by molar-refractivity contribution is 5.78. The molecule has 2 fully saturated rings. The van der Waals surface area contributed by atoms with Gasteiger partial charge in [0.15, 0.2) is 0 Å². The van der Waals surface area contributed by atoms with Crippen molar-refractivity contribution in [3.05, 3.63) is 30.3 Å². The molecule has 1 saturated heterocycles. The Balaban J connectivity index is 1.31. The number of benzene rings is 1. The van der Waals surface area contributed by atoms with Gasteiger partial charge in [-0.3, -0.25) is 9.69 Å². The molecule has 5 heteroatoms. The molecule has 1 saturated carbocycles. The number of hydrogen-bond donors (Lipinski definition) is 1. The van der Waals surface area contributed by atoms with E-state index >= 15 is 0 Å². The highest BCUT2D eigenvalue weighted by atomic mass is 16.1. The molecular formula is C21H30N4O. The third-order valence-corrected chi connectivity index (χ3v) is 5.80. The molecule has 0 atom stereocenters. The number of carbonyl (C=O) groups excluding carboxylic acids is 1. The number of nitriles is 1. The van der Waals surface area contributed by atoms with Gasteiger partial charge in [-0.05, 0) is 56.7 Å². The maximum absolute atomic E-state index is 11.5. The fraction of sp³-hybridized carbons (Fsp3) is 0.619. The van der Waals surface area contributed by atoms with Gasteiger partial charge in [-0.25, -0.2) is 0 Å². The molecule has 2 aliphatic rings. The predicted molar refractivity (Wildman–Crippen MR) is 104 cm³/mol. The normalized spacial score (nSPS) is 24.0. The number of para-hydroxylation sites is 1. The fourth-order valence-corrected chi connectivity index (χ4v) is 4.18. The third-order valence-electron chi connectivity index (χ3n) is 5.80. The van der Waals surface area contributed by atoms with E-state index in [-0.39, 0.29) is 18.4 Å². The zero-order chi connectivity index (χ0) is 18.2. The average Bonchev–Trinajstić information content (AvgIpc) is 2.69. The second-order valence-electron chi connectivity index (χ2n) is 7.57. The Bertz CT molecular complexity index is 596. The Morgan fingerprint density at radius 3 is 2.42 bits per heavy atom. The van der Waals surface area contributed by atoms with Gasteiger partial charge >= 0.3 is 0 Å². The summed E-state index contributed by atoms with van der Waals surface area (Å²) in [5.74, 6) is 0.665. The summed E-state index contributed by atoms with van der Waals surface area (Å²) in [6, 6.07) is 12.9. The van der Waals surface area contributed by atoms with Crippen molar-refractivity contribution in [2.75, 3.05) is 37.6 Å². The molecule has 140 valence electrons. The van der Waals surface area contributed by atoms with E-state index in [1.807, 2.05) is 6.07 Å². The van der Waals surface area contributed by atoms with Crippen LogP contribution < -0.4 is 10.2 Å². The lowest BCUT2D eigenvalue weighted by atomic mass is 9.84. The standard InChI is InChI=1S/C21H30N4O/c22-12-10-21(26)23-19-8-6-18(7-9-19)11-13-24-14-16-25(17-15-24)20-4-2-1-3-5-20/h1-5,18-19H,6-11,13-17H2,(H,23,26)/t18-,19-. The first kappa shape index (κ1) is 18.7. The van der Waals surface area contributed by atoms with E-state index in [2.05, 4.69) is 45.4 Å². The van der Waals surface area contributed by atoms with Crippen molar-refractivity contribution in [2.24, 2.45) is 5.92 Å². The maximum atomic E-state index is 11.5. The van der Waals surface area contributed by atoms with Gasteiger partial charge in [-0.15, -0.1) is 0 Å². The summed E-state index contributed by atoms with van der Waals surface area (Å²) in [4.78, 5) is 16.6. The van der Waals surface area contributed by atoms with E-state index < -0.39 is 0 Å². The highest BCUT2D eigenvalue weighted by Gasteiger charge is 2.23. The number of carbonyl (C=O) groups is 1. The van der Waals surface area contributed by atoms with Crippen LogP contribution in [0.2, 0.25) is 0 Å². The van der Waals surface area contributed by atoms with E-state index in [1.165, 1.54) is 31.5 Å². The third kappa shape index (κ3) is 5.47. The number of rotatable bonds is 6. The summed E-state index contributed by atoms with van der Waals surface area (Å²) in [6.45, 7) is 5.71. The van der Waals surface area contributed by atoms with Crippen LogP contribution in [-0.2, 0) is 4.79 Å². The Morgan fingerprint density at radius 2 is 1.77 bits per heavy atom. The summed E-state index contributed by atoms with van der Waals surface area (Å²) in [6.07, 6.45) is 5.76. The van der Waals surface area contributed by atoms with Crippen molar-refractivity contribution in [3.63, 3.8) is 0 Å². The first-order valence-corrected chi connectivity index (χ1v) is 9.93. The quantitative estimate of drug-likeness (QED) is 0.853. The summed E-state index contributed by atoms with van der Waals surface area (Å²) in [7, 11) is 0. The van der Waals surface area contributed by atoms with Crippen LogP contribution in [0.25, 0.3) is 0 Å². The summed E-state index contributed by atoms with van der Waals surface area (Å²) in [5.41, 5.74) is 1.34. The average molecular weight is 354 g/mol. The van der Waals surface area contributed by atoms with Gasteiger partial charge in [-0.1, -0.05) is 18.2 Å². The lowest BCUT2D eigenvalue weighted by Crippen LogP contribution is -2.47. The Labute approximate surface area is 157 Å². The van der Waals surface area contributed by atoms with E-state index in [0.717, 1.165) is 44.9 Å². The van der Waals surface area contributed by atoms with Crippen LogP contribution in [0, 0.1) is 17.2 Å². The molecule has 1 aliphatic carbocycles. The van der Waals surface area contributed by atoms with Gasteiger partial charge in [0.25, 0.3) is 0 Å². The van der Waals surface area contributed by atoms with Crippen molar-refractivity contribution in [3.8, 4) is 6.07 Å². The monoisotopic (exact) mass is 354 g/mol. The Morgan fingerprint density at radius 1 is 1.08 bits per heavy atom. The Kier molecular flexibility index (Phi) is 6.90. The van der Waals surface area contributed by atoms with Gasteiger partial charge in [0.2, 0.25) is 5.91 Å². The van der Waals surface area contributed by atoms with E-state index in [0.29, 0.717) is 0 Å². The molecule has 1 N–H and O–H groups in total. The smallest absolute Gasteiger partial charge is 0.234 e. The van der Waals surface area contributed by atoms with E-state index in [1.54, 1.807) is 0 Å². The molecule has 1 aromatic carbocycles. The summed E-state index contributed by atoms with van der Waals surface area (Å²) in [5, 5.41) is 11.6. The van der Waals surface area contributed by atoms with Gasteiger partial charge in [0, 0.05) is 37.9 Å². The van der Waals surface area contributed by atoms with Crippen molar-refractivity contribution < 1.29 is 4.79 Å². The highest BCUT2D eigenvalue weighted by Crippen LogP contribution is 2.27. The molecule has 26 heavy (non-hydrogen) atoms. The number of piperazine rings is 1. The topological polar surface area (TPSA) is 59.4 Å². The van der Waals surface area contributed by atoms with Crippen LogP contribution in [0.1, 0.15) is 38.5 Å². The molecule has 0 spiro atoms. The van der Waals surface area contributed by atoms with Gasteiger partial charge < -0.3 is 10.2 Å². The SMILES string of the molecule is N#CCC(=O)N[C@H]1CC[C@H](CCN2CCN(c3ccccc3)CC2)CC1. The van der Waals surface area contributed by atoms with Gasteiger partial charge in [0.1, 0.15) is 6.42 Å². The van der Waals surface area contributed by atoms with Crippen molar-refractivity contribution in [2.45, 2.75) is 44.6 Å². The zero-order valence-electron chi connectivity index (χ0n) is 15.6. The summed E-state index contributed by atoms with van der Waals surface area (Å²) >= 11 is 0. The maximum Gasteiger partial charge on any atom is 0.234 e. The molecule has 1 aliphatic heterocycles. The molecule has 5 nitrogen and oxygen atoms in total. The van der Waals surface area contributed by atoms with Crippen LogP contribution >= 0.6 is 0 Å². The van der Waals surface area contributed by atoms with Crippen molar-refractivity contribution in [1.29, 1.82) is 5.26 Å². The minimum absolute atomic E-state index is 0.0190. The predicted octanol–water partition coefficient (Wildman–Crippen LogP) is 2.79. The molecule has 0 unspecified atom stereocenters. The molecule has 0 radical (unpaired) electrons. The molecule has 0 aromatic heterocycles. The summed E-state index contributed by atoms with van der Waals surface area (Å²) < 4.78 is 0. The molecule has 1 heterocycles. The minimum atomic E-state index is -0.118. The lowest BCUT2D eigenvalue weighted by molar-refractivity contribution is -0.121. The van der Waals surface area contributed by atoms with Crippen molar-refractivity contribution >= 4 is 11.6 Å². The molecule has 3 rings (SSSR count). The van der Waals surface area contributed by atoms with Crippen LogP contribution in [0.3, 0.4) is 0 Å². The zero-order valence-corrected chi connectivity index (χ0v) is 15.6. The minimum Gasteiger partial charge on any atom is -0.369 e. The van der Waals surface area contributed by atoms with Gasteiger partial charge in [0.05, 0.1) is 6.07 Å². The lowest BCUT2D eigenvalue weighted by Gasteiger charge is -2.37. The van der Waals surface area contributed by atoms with Crippen molar-refractivity contribution in [1.82, 2.24) is 10.2 Å².